The molecule has 0 spiro atoms. The number of hydrogen-bond donors (Lipinski definition) is 1. The van der Waals surface area contributed by atoms with Crippen LogP contribution in [0.3, 0.4) is 0 Å². The van der Waals surface area contributed by atoms with Gasteiger partial charge in [-0.25, -0.2) is 0 Å². The minimum Gasteiger partial charge on any atom is -0.481 e. The number of amides is 1. The normalized spacial score (nSPS) is 25.3. The lowest BCUT2D eigenvalue weighted by molar-refractivity contribution is -0.160. The summed E-state index contributed by atoms with van der Waals surface area (Å²) in [7, 11) is 1.82. The van der Waals surface area contributed by atoms with Crippen LogP contribution in [0.4, 0.5) is 0 Å². The number of likely N-dealkylation sites (N-methyl/N-ethyl adjacent to an activating group) is 1. The van der Waals surface area contributed by atoms with E-state index in [-0.39, 0.29) is 23.4 Å². The summed E-state index contributed by atoms with van der Waals surface area (Å²) in [6, 6.07) is -0.578. The van der Waals surface area contributed by atoms with Crippen molar-refractivity contribution in [2.24, 2.45) is 0 Å². The van der Waals surface area contributed by atoms with Gasteiger partial charge < -0.3 is 10.0 Å². The van der Waals surface area contributed by atoms with Gasteiger partial charge in [-0.05, 0) is 41.7 Å². The van der Waals surface area contributed by atoms with Gasteiger partial charge in [-0.15, -0.1) is 0 Å². The molecule has 1 atom stereocenters. The SMILES string of the molecule is CN1C(CC(=O)O)C(=O)N(C(C)(C)C)CC1(C)C. The van der Waals surface area contributed by atoms with E-state index in [0.29, 0.717) is 6.54 Å². The second kappa shape index (κ2) is 4.53. The van der Waals surface area contributed by atoms with Gasteiger partial charge >= 0.3 is 5.97 Å². The van der Waals surface area contributed by atoms with Crippen LogP contribution >= 0.6 is 0 Å². The average Bonchev–Trinajstić information content (AvgIpc) is 2.17. The smallest absolute Gasteiger partial charge is 0.305 e. The Balaban J connectivity index is 3.08. The number of carboxylic acids is 1. The highest BCUT2D eigenvalue weighted by molar-refractivity contribution is 5.87. The third kappa shape index (κ3) is 2.83. The van der Waals surface area contributed by atoms with Crippen LogP contribution < -0.4 is 0 Å². The van der Waals surface area contributed by atoms with Gasteiger partial charge in [0, 0.05) is 17.6 Å². The van der Waals surface area contributed by atoms with Crippen molar-refractivity contribution in [3.63, 3.8) is 0 Å². The molecule has 5 nitrogen and oxygen atoms in total. The number of carbonyl (C=O) groups excluding carboxylic acids is 1. The van der Waals surface area contributed by atoms with Crippen LogP contribution in [-0.4, -0.2) is 57.5 Å². The molecule has 1 N–H and O–H groups in total. The highest BCUT2D eigenvalue weighted by Crippen LogP contribution is 2.30. The average molecular weight is 256 g/mol. The molecule has 0 aromatic carbocycles. The number of carboxylic acid groups (broad SMARTS) is 1. The van der Waals surface area contributed by atoms with Crippen molar-refractivity contribution in [2.75, 3.05) is 13.6 Å². The Morgan fingerprint density at radius 3 is 2.33 bits per heavy atom. The molecule has 0 bridgehead atoms. The van der Waals surface area contributed by atoms with Crippen molar-refractivity contribution in [3.8, 4) is 0 Å². The fraction of sp³-hybridized carbons (Fsp3) is 0.846. The monoisotopic (exact) mass is 256 g/mol. The van der Waals surface area contributed by atoms with E-state index in [0.717, 1.165) is 0 Å². The Labute approximate surface area is 109 Å². The summed E-state index contributed by atoms with van der Waals surface area (Å²) >= 11 is 0. The summed E-state index contributed by atoms with van der Waals surface area (Å²) in [6.07, 6.45) is -0.147. The van der Waals surface area contributed by atoms with Crippen LogP contribution in [0.2, 0.25) is 0 Å². The van der Waals surface area contributed by atoms with Crippen LogP contribution in [0.15, 0.2) is 0 Å². The molecule has 0 aromatic rings. The summed E-state index contributed by atoms with van der Waals surface area (Å²) in [4.78, 5) is 27.0. The molecule has 1 heterocycles. The first-order chi connectivity index (χ1) is 7.97. The molecule has 1 fully saturated rings. The summed E-state index contributed by atoms with van der Waals surface area (Å²) in [5, 5.41) is 8.96. The Morgan fingerprint density at radius 1 is 1.44 bits per heavy atom. The van der Waals surface area contributed by atoms with E-state index in [2.05, 4.69) is 0 Å². The number of nitrogens with zero attached hydrogens (tertiary/aromatic N) is 2. The zero-order valence-corrected chi connectivity index (χ0v) is 12.1. The predicted molar refractivity (Wildman–Crippen MR) is 69.3 cm³/mol. The summed E-state index contributed by atoms with van der Waals surface area (Å²) in [5.41, 5.74) is -0.506. The summed E-state index contributed by atoms with van der Waals surface area (Å²) in [6.45, 7) is 10.6. The molecule has 1 saturated heterocycles. The molecule has 5 heteroatoms. The second-order valence-corrected chi connectivity index (χ2v) is 6.63. The van der Waals surface area contributed by atoms with Gasteiger partial charge in [0.15, 0.2) is 0 Å². The van der Waals surface area contributed by atoms with Gasteiger partial charge in [0.25, 0.3) is 0 Å². The maximum absolute atomic E-state index is 12.4. The molecule has 1 aliphatic rings. The number of aliphatic carboxylic acids is 1. The van der Waals surface area contributed by atoms with E-state index in [1.807, 2.05) is 46.6 Å². The second-order valence-electron chi connectivity index (χ2n) is 6.63. The molecule has 0 aliphatic carbocycles. The van der Waals surface area contributed by atoms with E-state index in [1.165, 1.54) is 0 Å². The van der Waals surface area contributed by atoms with Crippen LogP contribution in [0, 0.1) is 0 Å². The van der Waals surface area contributed by atoms with Gasteiger partial charge in [0.1, 0.15) is 6.04 Å². The Hall–Kier alpha value is -1.10. The molecule has 1 amide bonds. The number of piperazine rings is 1. The van der Waals surface area contributed by atoms with E-state index in [4.69, 9.17) is 5.11 Å². The van der Waals surface area contributed by atoms with Crippen LogP contribution in [-0.2, 0) is 9.59 Å². The lowest BCUT2D eigenvalue weighted by atomic mass is 9.90. The molecular weight excluding hydrogens is 232 g/mol. The van der Waals surface area contributed by atoms with Crippen molar-refractivity contribution in [3.05, 3.63) is 0 Å². The predicted octanol–water partition coefficient (Wildman–Crippen LogP) is 1.18. The van der Waals surface area contributed by atoms with Crippen LogP contribution in [0.5, 0.6) is 0 Å². The Kier molecular flexibility index (Phi) is 3.77. The maximum Gasteiger partial charge on any atom is 0.305 e. The van der Waals surface area contributed by atoms with Gasteiger partial charge in [-0.1, -0.05) is 0 Å². The third-order valence-corrected chi connectivity index (χ3v) is 3.70. The molecule has 0 radical (unpaired) electrons. The number of carbonyl (C=O) groups is 2. The minimum absolute atomic E-state index is 0.0910. The zero-order valence-electron chi connectivity index (χ0n) is 12.1. The molecule has 1 unspecified atom stereocenters. The van der Waals surface area contributed by atoms with Crippen molar-refractivity contribution < 1.29 is 14.7 Å². The summed E-state index contributed by atoms with van der Waals surface area (Å²) in [5.74, 6) is -1.03. The van der Waals surface area contributed by atoms with Crippen molar-refractivity contribution in [2.45, 2.75) is 58.2 Å². The number of rotatable bonds is 2. The fourth-order valence-electron chi connectivity index (χ4n) is 2.30. The van der Waals surface area contributed by atoms with E-state index in [1.54, 1.807) is 4.90 Å². The quantitative estimate of drug-likeness (QED) is 0.806. The highest BCUT2D eigenvalue weighted by atomic mass is 16.4. The molecule has 0 saturated carbocycles. The lowest BCUT2D eigenvalue weighted by Crippen LogP contribution is -2.68. The molecule has 18 heavy (non-hydrogen) atoms. The van der Waals surface area contributed by atoms with Crippen molar-refractivity contribution in [1.82, 2.24) is 9.80 Å². The first-order valence-electron chi connectivity index (χ1n) is 6.23. The van der Waals surface area contributed by atoms with Gasteiger partial charge in [-0.2, -0.15) is 0 Å². The van der Waals surface area contributed by atoms with Crippen LogP contribution in [0.25, 0.3) is 0 Å². The van der Waals surface area contributed by atoms with E-state index < -0.39 is 12.0 Å². The fourth-order valence-corrected chi connectivity index (χ4v) is 2.30. The van der Waals surface area contributed by atoms with Gasteiger partial charge in [-0.3, -0.25) is 14.5 Å². The topological polar surface area (TPSA) is 60.9 Å². The zero-order chi connectivity index (χ0) is 14.3. The lowest BCUT2D eigenvalue weighted by Gasteiger charge is -2.53. The van der Waals surface area contributed by atoms with Crippen LogP contribution in [0.1, 0.15) is 41.0 Å². The molecule has 1 aliphatic heterocycles. The third-order valence-electron chi connectivity index (χ3n) is 3.70. The first kappa shape index (κ1) is 15.0. The van der Waals surface area contributed by atoms with Gasteiger partial charge in [0.2, 0.25) is 5.91 Å². The minimum atomic E-state index is -0.938. The Morgan fingerprint density at radius 2 is 1.94 bits per heavy atom. The van der Waals surface area contributed by atoms with Crippen molar-refractivity contribution >= 4 is 11.9 Å². The van der Waals surface area contributed by atoms with Gasteiger partial charge in [0.05, 0.1) is 6.42 Å². The molecule has 1 rings (SSSR count). The van der Waals surface area contributed by atoms with E-state index in [9.17, 15) is 9.59 Å². The largest absolute Gasteiger partial charge is 0.481 e. The number of hydrogen-bond acceptors (Lipinski definition) is 3. The molecular formula is C13H24N2O3. The summed E-state index contributed by atoms with van der Waals surface area (Å²) < 4.78 is 0. The molecule has 0 aromatic heterocycles. The first-order valence-corrected chi connectivity index (χ1v) is 6.23. The Bertz CT molecular complexity index is 358. The standard InChI is InChI=1S/C13H24N2O3/c1-12(2,3)15-8-13(4,5)14(6)9(11(15)18)7-10(16)17/h9H,7-8H2,1-6H3,(H,16,17). The van der Waals surface area contributed by atoms with E-state index >= 15 is 0 Å². The van der Waals surface area contributed by atoms with Crippen molar-refractivity contribution in [1.29, 1.82) is 0 Å². The molecule has 104 valence electrons. The highest BCUT2D eigenvalue weighted by Gasteiger charge is 2.46. The maximum atomic E-state index is 12.4.